The smallest absolute Gasteiger partial charge is 0.295 e. The van der Waals surface area contributed by atoms with Crippen molar-refractivity contribution in [3.8, 4) is 5.75 Å². The summed E-state index contributed by atoms with van der Waals surface area (Å²) in [5.41, 5.74) is 0.680. The van der Waals surface area contributed by atoms with Gasteiger partial charge in [0.25, 0.3) is 5.91 Å². The van der Waals surface area contributed by atoms with Crippen LogP contribution < -0.4 is 14.7 Å². The van der Waals surface area contributed by atoms with Crippen molar-refractivity contribution in [1.82, 2.24) is 4.90 Å². The van der Waals surface area contributed by atoms with Crippen molar-refractivity contribution < 1.29 is 28.7 Å². The largest absolute Gasteiger partial charge is 0.872 e. The van der Waals surface area contributed by atoms with Crippen molar-refractivity contribution in [2.45, 2.75) is 19.9 Å². The third kappa shape index (κ3) is 4.61. The maximum Gasteiger partial charge on any atom is 0.295 e. The summed E-state index contributed by atoms with van der Waals surface area (Å²) in [5.74, 6) is -1.99. The van der Waals surface area contributed by atoms with Crippen molar-refractivity contribution in [2.75, 3.05) is 33.3 Å². The van der Waals surface area contributed by atoms with Crippen LogP contribution in [0.5, 0.6) is 5.75 Å². The number of ketones is 1. The highest BCUT2D eigenvalue weighted by Gasteiger charge is 2.44. The Morgan fingerprint density at radius 2 is 1.81 bits per heavy atom. The van der Waals surface area contributed by atoms with E-state index in [1.807, 2.05) is 0 Å². The number of carbonyl (C=O) groups excluding carboxylic acids is 2. The predicted molar refractivity (Wildman–Crippen MR) is 113 cm³/mol. The first kappa shape index (κ1) is 22.5. The van der Waals surface area contributed by atoms with E-state index in [-0.39, 0.29) is 11.1 Å². The molecule has 1 N–H and O–H groups in total. The fraction of sp³-hybridized carbons (Fsp3) is 0.333. The number of hydrogen-bond donors (Lipinski definition) is 1. The molecule has 1 amide bonds. The maximum atomic E-state index is 13.3. The molecule has 164 valence electrons. The zero-order valence-electron chi connectivity index (χ0n) is 18.0. The summed E-state index contributed by atoms with van der Waals surface area (Å²) in [6.07, 6.45) is 0. The number of nitrogens with zero attached hydrogens (tertiary/aromatic N) is 1. The quantitative estimate of drug-likeness (QED) is 0.388. The number of quaternary nitrogens is 1. The van der Waals surface area contributed by atoms with Gasteiger partial charge < -0.3 is 19.6 Å². The molecule has 31 heavy (non-hydrogen) atoms. The highest BCUT2D eigenvalue weighted by Crippen LogP contribution is 2.39. The molecule has 7 heteroatoms. The van der Waals surface area contributed by atoms with Crippen molar-refractivity contribution in [3.05, 3.63) is 71.0 Å². The van der Waals surface area contributed by atoms with Gasteiger partial charge in [0.2, 0.25) is 5.78 Å². The predicted octanol–water partition coefficient (Wildman–Crippen LogP) is 0.983. The zero-order valence-corrected chi connectivity index (χ0v) is 18.0. The van der Waals surface area contributed by atoms with Gasteiger partial charge in [-0.05, 0) is 49.2 Å². The lowest BCUT2D eigenvalue weighted by Gasteiger charge is -2.28. The molecule has 1 atom stereocenters. The highest BCUT2D eigenvalue weighted by molar-refractivity contribution is 6.46. The molecule has 0 radical (unpaired) electrons. The van der Waals surface area contributed by atoms with Gasteiger partial charge in [-0.3, -0.25) is 9.59 Å². The second-order valence-corrected chi connectivity index (χ2v) is 7.46. The van der Waals surface area contributed by atoms with Crippen molar-refractivity contribution in [3.63, 3.8) is 0 Å². The molecule has 2 aromatic rings. The van der Waals surface area contributed by atoms with Crippen LogP contribution in [-0.4, -0.2) is 49.9 Å². The van der Waals surface area contributed by atoms with Crippen LogP contribution in [0.3, 0.4) is 0 Å². The normalized spacial score (nSPS) is 18.1. The van der Waals surface area contributed by atoms with Crippen molar-refractivity contribution >= 4 is 17.4 Å². The van der Waals surface area contributed by atoms with Crippen LogP contribution in [0.2, 0.25) is 0 Å². The highest BCUT2D eigenvalue weighted by atomic mass is 19.1. The minimum Gasteiger partial charge on any atom is -0.872 e. The Balaban J connectivity index is 2.11. The van der Waals surface area contributed by atoms with Crippen LogP contribution in [0.15, 0.2) is 54.1 Å². The lowest BCUT2D eigenvalue weighted by Crippen LogP contribution is -3.12. The van der Waals surface area contributed by atoms with Gasteiger partial charge in [-0.1, -0.05) is 30.0 Å². The summed E-state index contributed by atoms with van der Waals surface area (Å²) in [6.45, 7) is 6.90. The SMILES string of the molecule is CC[NH+](CC)CCN1C(=O)C(=O)/C(=C(/[O-])c2ccc(F)cc2)C1c1cccc(OC)c1. The fourth-order valence-corrected chi connectivity index (χ4v) is 3.90. The number of ether oxygens (including phenoxy) is 1. The zero-order chi connectivity index (χ0) is 22.5. The van der Waals surface area contributed by atoms with E-state index in [2.05, 4.69) is 13.8 Å². The summed E-state index contributed by atoms with van der Waals surface area (Å²) in [5, 5.41) is 13.3. The van der Waals surface area contributed by atoms with Gasteiger partial charge in [0, 0.05) is 5.57 Å². The van der Waals surface area contributed by atoms with Gasteiger partial charge in [0.15, 0.2) is 0 Å². The minimum atomic E-state index is -0.817. The van der Waals surface area contributed by atoms with E-state index in [0.717, 1.165) is 25.2 Å². The Bertz CT molecular complexity index is 983. The average molecular weight is 426 g/mol. The molecule has 0 saturated carbocycles. The first-order chi connectivity index (χ1) is 14.9. The molecule has 2 aromatic carbocycles. The van der Waals surface area contributed by atoms with Crippen molar-refractivity contribution in [1.29, 1.82) is 0 Å². The van der Waals surface area contributed by atoms with E-state index in [0.29, 0.717) is 24.4 Å². The van der Waals surface area contributed by atoms with Gasteiger partial charge in [-0.25, -0.2) is 4.39 Å². The lowest BCUT2D eigenvalue weighted by atomic mass is 9.95. The molecule has 0 aliphatic carbocycles. The Morgan fingerprint density at radius 3 is 2.42 bits per heavy atom. The van der Waals surface area contributed by atoms with Gasteiger partial charge in [-0.2, -0.15) is 0 Å². The van der Waals surface area contributed by atoms with E-state index in [4.69, 9.17) is 4.74 Å². The van der Waals surface area contributed by atoms with Gasteiger partial charge in [0.1, 0.15) is 11.6 Å². The molecule has 1 unspecified atom stereocenters. The third-order valence-electron chi connectivity index (χ3n) is 5.75. The number of amides is 1. The van der Waals surface area contributed by atoms with Crippen LogP contribution >= 0.6 is 0 Å². The number of carbonyl (C=O) groups is 2. The molecule has 1 saturated heterocycles. The minimum absolute atomic E-state index is 0.112. The van der Waals surface area contributed by atoms with Gasteiger partial charge >= 0.3 is 0 Å². The molecule has 3 rings (SSSR count). The fourth-order valence-electron chi connectivity index (χ4n) is 3.90. The molecule has 0 aromatic heterocycles. The summed E-state index contributed by atoms with van der Waals surface area (Å²) < 4.78 is 18.6. The maximum absolute atomic E-state index is 13.3. The number of rotatable bonds is 8. The Hall–Kier alpha value is -3.19. The van der Waals surface area contributed by atoms with E-state index in [1.54, 1.807) is 24.3 Å². The molecular formula is C24H27FN2O4. The molecule has 0 bridgehead atoms. The molecule has 6 nitrogen and oxygen atoms in total. The monoisotopic (exact) mass is 426 g/mol. The van der Waals surface area contributed by atoms with Crippen molar-refractivity contribution in [2.24, 2.45) is 0 Å². The first-order valence-corrected chi connectivity index (χ1v) is 10.4. The van der Waals surface area contributed by atoms with E-state index >= 15 is 0 Å². The van der Waals surface area contributed by atoms with Gasteiger partial charge in [-0.15, -0.1) is 0 Å². The second kappa shape index (κ2) is 9.75. The molecule has 1 fully saturated rings. The second-order valence-electron chi connectivity index (χ2n) is 7.46. The Labute approximate surface area is 181 Å². The number of likely N-dealkylation sites (N-methyl/N-ethyl adjacent to an activating group) is 1. The number of hydrogen-bond acceptors (Lipinski definition) is 4. The summed E-state index contributed by atoms with van der Waals surface area (Å²) in [6, 6.07) is 11.2. The Kier molecular flexibility index (Phi) is 7.07. The third-order valence-corrected chi connectivity index (χ3v) is 5.75. The number of benzene rings is 2. The topological polar surface area (TPSA) is 74.1 Å². The van der Waals surface area contributed by atoms with Crippen LogP contribution in [0.25, 0.3) is 5.76 Å². The first-order valence-electron chi connectivity index (χ1n) is 10.4. The molecule has 0 spiro atoms. The van der Waals surface area contributed by atoms with E-state index < -0.39 is 29.3 Å². The average Bonchev–Trinajstić information content (AvgIpc) is 3.04. The van der Waals surface area contributed by atoms with Crippen LogP contribution in [0.1, 0.15) is 31.0 Å². The number of halogens is 1. The van der Waals surface area contributed by atoms with E-state index in [9.17, 15) is 19.1 Å². The lowest BCUT2D eigenvalue weighted by molar-refractivity contribution is -0.895. The summed E-state index contributed by atoms with van der Waals surface area (Å²) >= 11 is 0. The molecular weight excluding hydrogens is 399 g/mol. The molecule has 1 aliphatic rings. The number of Topliss-reactive ketones (excluding diaryl/α,β-unsaturated/α-hetero) is 1. The van der Waals surface area contributed by atoms with Gasteiger partial charge in [0.05, 0.1) is 39.3 Å². The standard InChI is InChI=1S/C24H27FN2O4/c1-4-26(5-2)13-14-27-21(17-7-6-8-19(15-17)31-3)20(23(29)24(27)30)22(28)16-9-11-18(25)12-10-16/h6-12,15,21,28H,4-5,13-14H2,1-3H3/b22-20+. The molecule has 1 aliphatic heterocycles. The number of likely N-dealkylation sites (tertiary alicyclic amines) is 1. The van der Waals surface area contributed by atoms with Crippen LogP contribution in [0.4, 0.5) is 4.39 Å². The van der Waals surface area contributed by atoms with Crippen LogP contribution in [0, 0.1) is 5.82 Å². The number of methoxy groups -OCH3 is 1. The molecule has 1 heterocycles. The summed E-state index contributed by atoms with van der Waals surface area (Å²) in [4.78, 5) is 28.6. The Morgan fingerprint density at radius 1 is 1.13 bits per heavy atom. The summed E-state index contributed by atoms with van der Waals surface area (Å²) in [7, 11) is 1.53. The number of nitrogens with one attached hydrogen (secondary N) is 1. The van der Waals surface area contributed by atoms with E-state index in [1.165, 1.54) is 29.0 Å². The van der Waals surface area contributed by atoms with Crippen LogP contribution in [-0.2, 0) is 9.59 Å².